The van der Waals surface area contributed by atoms with E-state index in [0.717, 1.165) is 12.1 Å². The number of carboxylic acids is 1. The Hall–Kier alpha value is -3.56. The Morgan fingerprint density at radius 1 is 1.23 bits per heavy atom. The Labute approximate surface area is 168 Å². The summed E-state index contributed by atoms with van der Waals surface area (Å²) in [6.45, 7) is 1.75. The molecule has 0 aliphatic heterocycles. The number of nitrogens with zero attached hydrogens (tertiary/aromatic N) is 2. The molecule has 2 aromatic heterocycles. The molecule has 3 N–H and O–H groups in total. The average molecular weight is 421 g/mol. The molecular formula is C20H18F3N3O4. The van der Waals surface area contributed by atoms with Crippen LogP contribution in [-0.2, 0) is 11.2 Å². The van der Waals surface area contributed by atoms with Gasteiger partial charge in [0.05, 0.1) is 11.4 Å². The van der Waals surface area contributed by atoms with E-state index in [1.54, 1.807) is 25.1 Å². The summed E-state index contributed by atoms with van der Waals surface area (Å²) in [6, 6.07) is 9.90. The molecule has 0 saturated heterocycles. The van der Waals surface area contributed by atoms with Gasteiger partial charge >= 0.3 is 12.3 Å². The summed E-state index contributed by atoms with van der Waals surface area (Å²) in [6.07, 6.45) is -4.31. The van der Waals surface area contributed by atoms with Crippen molar-refractivity contribution in [2.75, 3.05) is 0 Å². The Morgan fingerprint density at radius 3 is 2.57 bits per heavy atom. The van der Waals surface area contributed by atoms with Crippen LogP contribution in [0.4, 0.5) is 13.2 Å². The fraction of sp³-hybridized carbons (Fsp3) is 0.250. The lowest BCUT2D eigenvalue weighted by Gasteiger charge is -2.13. The molecule has 3 aromatic rings. The summed E-state index contributed by atoms with van der Waals surface area (Å²) in [4.78, 5) is 27.7. The van der Waals surface area contributed by atoms with Crippen LogP contribution in [0.25, 0.3) is 16.7 Å². The van der Waals surface area contributed by atoms with Gasteiger partial charge in [-0.3, -0.25) is 14.2 Å². The van der Waals surface area contributed by atoms with Crippen molar-refractivity contribution in [1.82, 2.24) is 9.55 Å². The van der Waals surface area contributed by atoms with Gasteiger partial charge in [0.2, 0.25) is 0 Å². The number of rotatable bonds is 7. The molecule has 0 spiro atoms. The van der Waals surface area contributed by atoms with Gasteiger partial charge in [-0.2, -0.15) is 0 Å². The first kappa shape index (κ1) is 21.2. The molecular weight excluding hydrogens is 403 g/mol. The van der Waals surface area contributed by atoms with E-state index in [4.69, 9.17) is 5.73 Å². The zero-order chi connectivity index (χ0) is 22.1. The maximum Gasteiger partial charge on any atom is 0.573 e. The normalized spacial score (nSPS) is 12.7. The topological polar surface area (TPSA) is 107 Å². The highest BCUT2D eigenvalue weighted by atomic mass is 19.4. The SMILES string of the molecule is CCC(Cc1cccc(-n2c(C(N)=O)cc3ccc(OC(F)(F)F)cc32)n1)C(=O)O. The average Bonchev–Trinajstić information content (AvgIpc) is 3.04. The van der Waals surface area contributed by atoms with Crippen LogP contribution in [0.5, 0.6) is 5.75 Å². The van der Waals surface area contributed by atoms with Crippen molar-refractivity contribution >= 4 is 22.8 Å². The second kappa shape index (κ2) is 8.05. The predicted molar refractivity (Wildman–Crippen MR) is 101 cm³/mol. The zero-order valence-electron chi connectivity index (χ0n) is 15.8. The first-order chi connectivity index (χ1) is 14.1. The molecule has 0 saturated carbocycles. The smallest absolute Gasteiger partial charge is 0.481 e. The van der Waals surface area contributed by atoms with E-state index in [2.05, 4.69) is 9.72 Å². The summed E-state index contributed by atoms with van der Waals surface area (Å²) < 4.78 is 43.1. The molecule has 1 atom stereocenters. The molecule has 158 valence electrons. The van der Waals surface area contributed by atoms with Gasteiger partial charge in [0.1, 0.15) is 17.3 Å². The number of nitrogens with two attached hydrogens (primary N) is 1. The predicted octanol–water partition coefficient (Wildman–Crippen LogP) is 3.68. The third-order valence-electron chi connectivity index (χ3n) is 4.58. The summed E-state index contributed by atoms with van der Waals surface area (Å²) in [5, 5.41) is 9.73. The maximum atomic E-state index is 12.6. The first-order valence-electron chi connectivity index (χ1n) is 8.99. The second-order valence-electron chi connectivity index (χ2n) is 6.63. The van der Waals surface area contributed by atoms with E-state index in [1.807, 2.05) is 0 Å². The lowest BCUT2D eigenvalue weighted by atomic mass is 10.0. The minimum absolute atomic E-state index is 0.0177. The number of hydrogen-bond acceptors (Lipinski definition) is 4. The highest BCUT2D eigenvalue weighted by Crippen LogP contribution is 2.30. The number of aliphatic carboxylic acids is 1. The molecule has 0 radical (unpaired) electrons. The number of ether oxygens (including phenoxy) is 1. The van der Waals surface area contributed by atoms with Crippen molar-refractivity contribution in [2.24, 2.45) is 11.7 Å². The van der Waals surface area contributed by atoms with E-state index in [1.165, 1.54) is 16.7 Å². The zero-order valence-corrected chi connectivity index (χ0v) is 15.8. The Morgan fingerprint density at radius 2 is 1.97 bits per heavy atom. The van der Waals surface area contributed by atoms with Crippen LogP contribution in [0.3, 0.4) is 0 Å². The quantitative estimate of drug-likeness (QED) is 0.605. The van der Waals surface area contributed by atoms with Crippen LogP contribution < -0.4 is 10.5 Å². The van der Waals surface area contributed by atoms with Crippen molar-refractivity contribution in [1.29, 1.82) is 0 Å². The highest BCUT2D eigenvalue weighted by Gasteiger charge is 2.31. The molecule has 2 heterocycles. The van der Waals surface area contributed by atoms with Gasteiger partial charge < -0.3 is 15.6 Å². The van der Waals surface area contributed by atoms with Gasteiger partial charge in [-0.05, 0) is 36.8 Å². The van der Waals surface area contributed by atoms with Crippen molar-refractivity contribution in [3.8, 4) is 11.6 Å². The molecule has 1 aromatic carbocycles. The number of carbonyl (C=O) groups excluding carboxylic acids is 1. The fourth-order valence-electron chi connectivity index (χ4n) is 3.17. The number of carbonyl (C=O) groups is 2. The van der Waals surface area contributed by atoms with Crippen molar-refractivity contribution in [2.45, 2.75) is 26.1 Å². The summed E-state index contributed by atoms with van der Waals surface area (Å²) in [5.74, 6) is -2.63. The van der Waals surface area contributed by atoms with Crippen LogP contribution >= 0.6 is 0 Å². The lowest BCUT2D eigenvalue weighted by molar-refractivity contribution is -0.274. The van der Waals surface area contributed by atoms with E-state index in [0.29, 0.717) is 17.5 Å². The largest absolute Gasteiger partial charge is 0.573 e. The van der Waals surface area contributed by atoms with Crippen LogP contribution in [0, 0.1) is 5.92 Å². The molecule has 0 aliphatic rings. The van der Waals surface area contributed by atoms with Crippen LogP contribution in [0.15, 0.2) is 42.5 Å². The van der Waals surface area contributed by atoms with Gasteiger partial charge in [-0.25, -0.2) is 4.98 Å². The van der Waals surface area contributed by atoms with Crippen LogP contribution in [0.1, 0.15) is 29.5 Å². The Kier molecular flexibility index (Phi) is 5.68. The number of alkyl halides is 3. The first-order valence-corrected chi connectivity index (χ1v) is 8.99. The molecule has 7 nitrogen and oxygen atoms in total. The van der Waals surface area contributed by atoms with E-state index < -0.39 is 29.9 Å². The third kappa shape index (κ3) is 4.53. The third-order valence-corrected chi connectivity index (χ3v) is 4.58. The van der Waals surface area contributed by atoms with Gasteiger partial charge in [-0.15, -0.1) is 13.2 Å². The minimum atomic E-state index is -4.87. The Balaban J connectivity index is 2.12. The molecule has 30 heavy (non-hydrogen) atoms. The summed E-state index contributed by atoms with van der Waals surface area (Å²) >= 11 is 0. The number of pyridine rings is 1. The lowest BCUT2D eigenvalue weighted by Crippen LogP contribution is -2.18. The number of amides is 1. The van der Waals surface area contributed by atoms with E-state index in [-0.39, 0.29) is 23.4 Å². The van der Waals surface area contributed by atoms with Gasteiger partial charge in [0.25, 0.3) is 5.91 Å². The molecule has 1 unspecified atom stereocenters. The fourth-order valence-corrected chi connectivity index (χ4v) is 3.17. The van der Waals surface area contributed by atoms with E-state index in [9.17, 15) is 27.9 Å². The maximum absolute atomic E-state index is 12.6. The number of benzene rings is 1. The molecule has 10 heteroatoms. The monoisotopic (exact) mass is 421 g/mol. The van der Waals surface area contributed by atoms with Crippen molar-refractivity contribution < 1.29 is 32.6 Å². The van der Waals surface area contributed by atoms with Gasteiger partial charge in [0.15, 0.2) is 0 Å². The Bertz CT molecular complexity index is 1110. The number of hydrogen-bond donors (Lipinski definition) is 2. The number of primary amides is 1. The minimum Gasteiger partial charge on any atom is -0.481 e. The molecule has 0 aliphatic carbocycles. The number of aromatic nitrogens is 2. The summed E-state index contributed by atoms with van der Waals surface area (Å²) in [7, 11) is 0. The number of halogens is 3. The highest BCUT2D eigenvalue weighted by molar-refractivity contribution is 5.99. The van der Waals surface area contributed by atoms with Crippen molar-refractivity contribution in [3.05, 3.63) is 53.9 Å². The van der Waals surface area contributed by atoms with Crippen LogP contribution in [0.2, 0.25) is 0 Å². The van der Waals surface area contributed by atoms with Gasteiger partial charge in [0, 0.05) is 23.6 Å². The molecule has 0 fully saturated rings. The second-order valence-corrected chi connectivity index (χ2v) is 6.63. The number of fused-ring (bicyclic) bond motifs is 1. The van der Waals surface area contributed by atoms with Gasteiger partial charge in [-0.1, -0.05) is 13.0 Å². The molecule has 3 rings (SSSR count). The summed E-state index contributed by atoms with van der Waals surface area (Å²) in [5.41, 5.74) is 6.17. The van der Waals surface area contributed by atoms with E-state index >= 15 is 0 Å². The molecule has 1 amide bonds. The van der Waals surface area contributed by atoms with Crippen LogP contribution in [-0.4, -0.2) is 32.9 Å². The van der Waals surface area contributed by atoms with Crippen molar-refractivity contribution in [3.63, 3.8) is 0 Å². The number of carboxylic acid groups (broad SMARTS) is 1. The molecule has 0 bridgehead atoms. The standard InChI is InChI=1S/C20H18F3N3O4/c1-2-11(19(28)29)8-13-4-3-5-17(25-13)26-15-10-14(30-20(21,22)23)7-6-12(15)9-16(26)18(24)27/h3-7,9-11H,2,8H2,1H3,(H2,24,27)(H,28,29).